The average Bonchev–Trinajstić information content (AvgIpc) is 2.86. The molecule has 0 N–H and O–H groups in total. The molecule has 2 heterocycles. The van der Waals surface area contributed by atoms with E-state index in [4.69, 9.17) is 16.6 Å². The number of aromatic nitrogens is 3. The van der Waals surface area contributed by atoms with Crippen LogP contribution < -0.4 is 0 Å². The van der Waals surface area contributed by atoms with Crippen molar-refractivity contribution in [2.45, 2.75) is 32.7 Å². The minimum absolute atomic E-state index is 0.483. The maximum absolute atomic E-state index is 6.19. The van der Waals surface area contributed by atoms with Crippen LogP contribution in [0.1, 0.15) is 31.2 Å². The van der Waals surface area contributed by atoms with E-state index in [2.05, 4.69) is 40.7 Å². The maximum Gasteiger partial charge on any atom is 0.156 e. The lowest BCUT2D eigenvalue weighted by molar-refractivity contribution is 0.690. The molecule has 0 saturated heterocycles. The van der Waals surface area contributed by atoms with Crippen molar-refractivity contribution in [1.29, 1.82) is 0 Å². The molecule has 0 saturated carbocycles. The summed E-state index contributed by atoms with van der Waals surface area (Å²) in [5.41, 5.74) is 3.13. The van der Waals surface area contributed by atoms with Crippen molar-refractivity contribution < 1.29 is 0 Å². The van der Waals surface area contributed by atoms with Gasteiger partial charge in [-0.2, -0.15) is 0 Å². The maximum atomic E-state index is 6.19. The summed E-state index contributed by atoms with van der Waals surface area (Å²) in [6.45, 7) is 3.01. The Morgan fingerprint density at radius 2 is 1.95 bits per heavy atom. The predicted octanol–water partition coefficient (Wildman–Crippen LogP) is 4.48. The van der Waals surface area contributed by atoms with Gasteiger partial charge in [-0.05, 0) is 18.1 Å². The van der Waals surface area contributed by atoms with Crippen molar-refractivity contribution in [2.24, 2.45) is 0 Å². The first-order valence-electron chi connectivity index (χ1n) is 7.33. The molecule has 3 aromatic rings. The van der Waals surface area contributed by atoms with E-state index in [-0.39, 0.29) is 0 Å². The van der Waals surface area contributed by atoms with Crippen LogP contribution in [0.15, 0.2) is 42.6 Å². The van der Waals surface area contributed by atoms with Gasteiger partial charge in [0.1, 0.15) is 11.3 Å². The molecule has 4 heteroatoms. The molecule has 0 aliphatic rings. The van der Waals surface area contributed by atoms with Gasteiger partial charge in [0.05, 0.1) is 5.52 Å². The number of halogens is 1. The molecule has 3 nitrogen and oxygen atoms in total. The first-order valence-corrected chi connectivity index (χ1v) is 7.71. The summed E-state index contributed by atoms with van der Waals surface area (Å²) >= 11 is 6.19. The van der Waals surface area contributed by atoms with Crippen LogP contribution in [0.4, 0.5) is 0 Å². The molecule has 2 aromatic heterocycles. The second-order valence-corrected chi connectivity index (χ2v) is 5.53. The Hall–Kier alpha value is -1.87. The van der Waals surface area contributed by atoms with Gasteiger partial charge in [-0.25, -0.2) is 9.97 Å². The second kappa shape index (κ2) is 6.27. The van der Waals surface area contributed by atoms with Gasteiger partial charge < -0.3 is 4.57 Å². The van der Waals surface area contributed by atoms with Crippen LogP contribution in [-0.2, 0) is 13.0 Å². The number of imidazole rings is 1. The molecule has 0 radical (unpaired) electrons. The zero-order chi connectivity index (χ0) is 14.7. The molecule has 0 spiro atoms. The third-order valence-corrected chi connectivity index (χ3v) is 3.92. The standard InChI is InChI=1S/C17H18ClN3/c1-2-3-9-15-20-16-14(10-11-19-17(16)18)21(15)12-13-7-5-4-6-8-13/h4-8,10-11H,2-3,9,12H2,1H3. The highest BCUT2D eigenvalue weighted by Crippen LogP contribution is 2.23. The number of hydrogen-bond donors (Lipinski definition) is 0. The molecule has 0 unspecified atom stereocenters. The second-order valence-electron chi connectivity index (χ2n) is 5.17. The third-order valence-electron chi connectivity index (χ3n) is 3.64. The topological polar surface area (TPSA) is 30.7 Å². The fraction of sp³-hybridized carbons (Fsp3) is 0.294. The van der Waals surface area contributed by atoms with Crippen LogP contribution in [0.5, 0.6) is 0 Å². The number of pyridine rings is 1. The van der Waals surface area contributed by atoms with Gasteiger partial charge in [0.2, 0.25) is 0 Å². The fourth-order valence-corrected chi connectivity index (χ4v) is 2.73. The van der Waals surface area contributed by atoms with Crippen molar-refractivity contribution in [1.82, 2.24) is 14.5 Å². The molecular formula is C17H18ClN3. The van der Waals surface area contributed by atoms with Crippen LogP contribution in [-0.4, -0.2) is 14.5 Å². The molecule has 0 atom stereocenters. The summed E-state index contributed by atoms with van der Waals surface area (Å²) < 4.78 is 2.26. The van der Waals surface area contributed by atoms with Gasteiger partial charge in [0.25, 0.3) is 0 Å². The Kier molecular flexibility index (Phi) is 4.20. The number of fused-ring (bicyclic) bond motifs is 1. The summed E-state index contributed by atoms with van der Waals surface area (Å²) in [6.07, 6.45) is 5.00. The van der Waals surface area contributed by atoms with E-state index in [1.807, 2.05) is 12.1 Å². The van der Waals surface area contributed by atoms with Gasteiger partial charge in [0.15, 0.2) is 5.15 Å². The Morgan fingerprint density at radius 1 is 1.14 bits per heavy atom. The Labute approximate surface area is 129 Å². The third kappa shape index (κ3) is 2.93. The quantitative estimate of drug-likeness (QED) is 0.651. The SMILES string of the molecule is CCCCc1nc2c(Cl)nccc2n1Cc1ccccc1. The first kappa shape index (κ1) is 14.1. The Bertz CT molecular complexity index is 734. The van der Waals surface area contributed by atoms with E-state index >= 15 is 0 Å². The lowest BCUT2D eigenvalue weighted by atomic mass is 10.2. The minimum atomic E-state index is 0.483. The number of aryl methyl sites for hydroxylation is 1. The molecular weight excluding hydrogens is 282 g/mol. The van der Waals surface area contributed by atoms with Crippen molar-refractivity contribution >= 4 is 22.6 Å². The lowest BCUT2D eigenvalue weighted by Gasteiger charge is -2.09. The minimum Gasteiger partial charge on any atom is -0.323 e. The first-order chi connectivity index (χ1) is 10.3. The zero-order valence-electron chi connectivity index (χ0n) is 12.1. The fourth-order valence-electron chi connectivity index (χ4n) is 2.54. The zero-order valence-corrected chi connectivity index (χ0v) is 12.8. The molecule has 0 aliphatic carbocycles. The van der Waals surface area contributed by atoms with Gasteiger partial charge in [-0.1, -0.05) is 55.3 Å². The van der Waals surface area contributed by atoms with Crippen molar-refractivity contribution in [3.8, 4) is 0 Å². The van der Waals surface area contributed by atoms with E-state index in [9.17, 15) is 0 Å². The summed E-state index contributed by atoms with van der Waals surface area (Å²) in [7, 11) is 0. The van der Waals surface area contributed by atoms with Crippen LogP contribution in [0.25, 0.3) is 11.0 Å². The van der Waals surface area contributed by atoms with E-state index in [0.717, 1.165) is 42.7 Å². The Morgan fingerprint density at radius 3 is 2.71 bits per heavy atom. The van der Waals surface area contributed by atoms with E-state index < -0.39 is 0 Å². The molecule has 0 amide bonds. The average molecular weight is 300 g/mol. The van der Waals surface area contributed by atoms with Gasteiger partial charge in [0, 0.05) is 19.2 Å². The smallest absolute Gasteiger partial charge is 0.156 e. The van der Waals surface area contributed by atoms with Gasteiger partial charge >= 0.3 is 0 Å². The molecule has 21 heavy (non-hydrogen) atoms. The van der Waals surface area contributed by atoms with E-state index in [1.54, 1.807) is 6.20 Å². The highest BCUT2D eigenvalue weighted by molar-refractivity contribution is 6.33. The predicted molar refractivity (Wildman–Crippen MR) is 86.7 cm³/mol. The van der Waals surface area contributed by atoms with Gasteiger partial charge in [-0.3, -0.25) is 0 Å². The van der Waals surface area contributed by atoms with Crippen LogP contribution >= 0.6 is 11.6 Å². The monoisotopic (exact) mass is 299 g/mol. The highest BCUT2D eigenvalue weighted by atomic mass is 35.5. The Balaban J connectivity index is 2.07. The van der Waals surface area contributed by atoms with Crippen LogP contribution in [0.2, 0.25) is 5.15 Å². The normalized spacial score (nSPS) is 11.1. The number of rotatable bonds is 5. The molecule has 0 fully saturated rings. The highest BCUT2D eigenvalue weighted by Gasteiger charge is 2.13. The molecule has 1 aromatic carbocycles. The summed E-state index contributed by atoms with van der Waals surface area (Å²) in [6, 6.07) is 12.4. The summed E-state index contributed by atoms with van der Waals surface area (Å²) in [5, 5.41) is 0.483. The molecule has 108 valence electrons. The van der Waals surface area contributed by atoms with Crippen LogP contribution in [0, 0.1) is 0 Å². The number of hydrogen-bond acceptors (Lipinski definition) is 2. The van der Waals surface area contributed by atoms with Crippen molar-refractivity contribution in [3.63, 3.8) is 0 Å². The molecule has 0 aliphatic heterocycles. The van der Waals surface area contributed by atoms with Crippen LogP contribution in [0.3, 0.4) is 0 Å². The van der Waals surface area contributed by atoms with Crippen molar-refractivity contribution in [2.75, 3.05) is 0 Å². The molecule has 3 rings (SSSR count). The molecule has 0 bridgehead atoms. The number of benzene rings is 1. The van der Waals surface area contributed by atoms with E-state index in [1.165, 1.54) is 5.56 Å². The van der Waals surface area contributed by atoms with E-state index in [0.29, 0.717) is 5.15 Å². The van der Waals surface area contributed by atoms with Gasteiger partial charge in [-0.15, -0.1) is 0 Å². The largest absolute Gasteiger partial charge is 0.323 e. The summed E-state index contributed by atoms with van der Waals surface area (Å²) in [4.78, 5) is 8.85. The number of nitrogens with zero attached hydrogens (tertiary/aromatic N) is 3. The lowest BCUT2D eigenvalue weighted by Crippen LogP contribution is -2.05. The number of unbranched alkanes of at least 4 members (excludes halogenated alkanes) is 1. The van der Waals surface area contributed by atoms with Crippen molar-refractivity contribution in [3.05, 3.63) is 59.1 Å². The summed E-state index contributed by atoms with van der Waals surface area (Å²) in [5.74, 6) is 1.09.